The number of benzene rings is 1. The molecule has 1 aromatic rings. The average Bonchev–Trinajstić information content (AvgIpc) is 2.49. The molecule has 1 nitrogen and oxygen atoms in total. The lowest BCUT2D eigenvalue weighted by Gasteiger charge is -2.41. The number of rotatable bonds is 5. The maximum Gasteiger partial charge on any atom is 0.00952 e. The van der Waals surface area contributed by atoms with Crippen molar-refractivity contribution < 1.29 is 0 Å². The fourth-order valence-corrected chi connectivity index (χ4v) is 4.29. The van der Waals surface area contributed by atoms with E-state index >= 15 is 0 Å². The van der Waals surface area contributed by atoms with Gasteiger partial charge in [0.1, 0.15) is 0 Å². The molecule has 0 aliphatic heterocycles. The first-order chi connectivity index (χ1) is 10.3. The van der Waals surface area contributed by atoms with Crippen LogP contribution in [0.2, 0.25) is 0 Å². The zero-order chi connectivity index (χ0) is 14.7. The van der Waals surface area contributed by atoms with E-state index in [0.29, 0.717) is 0 Å². The van der Waals surface area contributed by atoms with Gasteiger partial charge in [-0.2, -0.15) is 0 Å². The minimum absolute atomic E-state index is 0.767. The van der Waals surface area contributed by atoms with Crippen molar-refractivity contribution in [1.29, 1.82) is 0 Å². The molecule has 2 saturated carbocycles. The van der Waals surface area contributed by atoms with Gasteiger partial charge in [-0.05, 0) is 56.4 Å². The highest BCUT2D eigenvalue weighted by atomic mass is 15.0. The summed E-state index contributed by atoms with van der Waals surface area (Å²) < 4.78 is 0. The minimum atomic E-state index is 0.767. The molecule has 2 fully saturated rings. The predicted octanol–water partition coefficient (Wildman–Crippen LogP) is 5.19. The summed E-state index contributed by atoms with van der Waals surface area (Å²) in [6.45, 7) is 4.54. The highest BCUT2D eigenvalue weighted by Crippen LogP contribution is 2.38. The molecule has 0 heterocycles. The summed E-state index contributed by atoms with van der Waals surface area (Å²) in [5, 5.41) is 3.98. The van der Waals surface area contributed by atoms with E-state index in [-0.39, 0.29) is 0 Å². The van der Waals surface area contributed by atoms with E-state index < -0.39 is 0 Å². The van der Waals surface area contributed by atoms with Gasteiger partial charge in [0.05, 0.1) is 0 Å². The van der Waals surface area contributed by atoms with E-state index in [2.05, 4.69) is 43.4 Å². The summed E-state index contributed by atoms with van der Waals surface area (Å²) in [7, 11) is 0. The molecule has 0 amide bonds. The lowest BCUT2D eigenvalue weighted by Crippen LogP contribution is -2.48. The third-order valence-corrected chi connectivity index (χ3v) is 5.80. The molecule has 0 aromatic heterocycles. The fraction of sp³-hybridized carbons (Fsp3) is 0.700. The van der Waals surface area contributed by atoms with Crippen molar-refractivity contribution in [3.63, 3.8) is 0 Å². The second-order valence-corrected chi connectivity index (χ2v) is 7.36. The molecule has 0 spiro atoms. The molecule has 1 aromatic carbocycles. The number of aryl methyl sites for hydroxylation is 1. The van der Waals surface area contributed by atoms with Crippen LogP contribution in [0.3, 0.4) is 0 Å². The first kappa shape index (κ1) is 15.1. The van der Waals surface area contributed by atoms with Crippen molar-refractivity contribution in [1.82, 2.24) is 5.32 Å². The topological polar surface area (TPSA) is 12.0 Å². The first-order valence-electron chi connectivity index (χ1n) is 9.09. The Balaban J connectivity index is 1.48. The third kappa shape index (κ3) is 3.69. The monoisotopic (exact) mass is 285 g/mol. The molecule has 3 rings (SSSR count). The van der Waals surface area contributed by atoms with Gasteiger partial charge < -0.3 is 5.32 Å². The standard InChI is InChI=1S/C20H31N/c1-3-20(17-7-5-4-6-8-17)21-19-13-18(14-19)16-11-9-15(2)10-12-16/h9-12,17-21H,3-8,13-14H2,1-2H3. The highest BCUT2D eigenvalue weighted by Gasteiger charge is 2.33. The van der Waals surface area contributed by atoms with Gasteiger partial charge in [0.2, 0.25) is 0 Å². The van der Waals surface area contributed by atoms with Gasteiger partial charge in [0.25, 0.3) is 0 Å². The van der Waals surface area contributed by atoms with Crippen LogP contribution < -0.4 is 5.32 Å². The summed E-state index contributed by atoms with van der Waals surface area (Å²) in [5.74, 6) is 1.74. The van der Waals surface area contributed by atoms with Crippen LogP contribution in [0, 0.1) is 12.8 Å². The molecule has 116 valence electrons. The molecule has 1 atom stereocenters. The normalized spacial score (nSPS) is 28.1. The molecule has 0 radical (unpaired) electrons. The van der Waals surface area contributed by atoms with Gasteiger partial charge in [-0.15, -0.1) is 0 Å². The zero-order valence-corrected chi connectivity index (χ0v) is 13.8. The molecule has 1 heteroatoms. The smallest absolute Gasteiger partial charge is 0.00952 e. The molecule has 2 aliphatic carbocycles. The van der Waals surface area contributed by atoms with E-state index in [1.165, 1.54) is 56.9 Å². The van der Waals surface area contributed by atoms with Crippen molar-refractivity contribution in [3.05, 3.63) is 35.4 Å². The Morgan fingerprint density at radius 3 is 2.33 bits per heavy atom. The second kappa shape index (κ2) is 6.96. The second-order valence-electron chi connectivity index (χ2n) is 7.36. The third-order valence-electron chi connectivity index (χ3n) is 5.80. The number of hydrogen-bond acceptors (Lipinski definition) is 1. The Bertz CT molecular complexity index is 424. The minimum Gasteiger partial charge on any atom is -0.311 e. The molecular weight excluding hydrogens is 254 g/mol. The predicted molar refractivity (Wildman–Crippen MR) is 90.7 cm³/mol. The van der Waals surface area contributed by atoms with Crippen molar-refractivity contribution in [2.45, 2.75) is 83.2 Å². The quantitative estimate of drug-likeness (QED) is 0.785. The van der Waals surface area contributed by atoms with Crippen molar-refractivity contribution in [2.24, 2.45) is 5.92 Å². The van der Waals surface area contributed by atoms with Crippen LogP contribution >= 0.6 is 0 Å². The van der Waals surface area contributed by atoms with Gasteiger partial charge in [0.15, 0.2) is 0 Å². The Morgan fingerprint density at radius 1 is 1.05 bits per heavy atom. The molecule has 1 unspecified atom stereocenters. The average molecular weight is 285 g/mol. The summed E-state index contributed by atoms with van der Waals surface area (Å²) >= 11 is 0. The van der Waals surface area contributed by atoms with Gasteiger partial charge in [-0.1, -0.05) is 56.0 Å². The summed E-state index contributed by atoms with van der Waals surface area (Å²) in [4.78, 5) is 0. The first-order valence-corrected chi connectivity index (χ1v) is 9.09. The Morgan fingerprint density at radius 2 is 1.71 bits per heavy atom. The van der Waals surface area contributed by atoms with Crippen LogP contribution in [0.4, 0.5) is 0 Å². The Kier molecular flexibility index (Phi) is 5.00. The zero-order valence-electron chi connectivity index (χ0n) is 13.8. The van der Waals surface area contributed by atoms with Crippen LogP contribution in [0.1, 0.15) is 75.3 Å². The summed E-state index contributed by atoms with van der Waals surface area (Å²) in [5.41, 5.74) is 2.92. The largest absolute Gasteiger partial charge is 0.311 e. The van der Waals surface area contributed by atoms with Crippen LogP contribution in [0.25, 0.3) is 0 Å². The molecular formula is C20H31N. The molecule has 1 N–H and O–H groups in total. The lowest BCUT2D eigenvalue weighted by atomic mass is 9.74. The van der Waals surface area contributed by atoms with E-state index in [1.54, 1.807) is 5.56 Å². The fourth-order valence-electron chi connectivity index (χ4n) is 4.29. The summed E-state index contributed by atoms with van der Waals surface area (Å²) in [6.07, 6.45) is 11.3. The molecule has 2 aliphatic rings. The summed E-state index contributed by atoms with van der Waals surface area (Å²) in [6, 6.07) is 10.7. The van der Waals surface area contributed by atoms with Crippen molar-refractivity contribution in [3.8, 4) is 0 Å². The van der Waals surface area contributed by atoms with Crippen molar-refractivity contribution in [2.75, 3.05) is 0 Å². The maximum atomic E-state index is 3.98. The molecule has 21 heavy (non-hydrogen) atoms. The van der Waals surface area contributed by atoms with Gasteiger partial charge >= 0.3 is 0 Å². The van der Waals surface area contributed by atoms with Crippen LogP contribution in [0.15, 0.2) is 24.3 Å². The van der Waals surface area contributed by atoms with Crippen LogP contribution in [-0.4, -0.2) is 12.1 Å². The van der Waals surface area contributed by atoms with E-state index in [0.717, 1.165) is 23.9 Å². The number of hydrogen-bond donors (Lipinski definition) is 1. The molecule has 0 saturated heterocycles. The van der Waals surface area contributed by atoms with E-state index in [1.807, 2.05) is 0 Å². The SMILES string of the molecule is CCC(NC1CC(c2ccc(C)cc2)C1)C1CCCCC1. The van der Waals surface area contributed by atoms with Gasteiger partial charge in [-0.3, -0.25) is 0 Å². The molecule has 0 bridgehead atoms. The van der Waals surface area contributed by atoms with Gasteiger partial charge in [0, 0.05) is 12.1 Å². The van der Waals surface area contributed by atoms with Crippen LogP contribution in [0.5, 0.6) is 0 Å². The van der Waals surface area contributed by atoms with Crippen molar-refractivity contribution >= 4 is 0 Å². The Labute approximate surface area is 130 Å². The number of nitrogens with one attached hydrogen (secondary N) is 1. The Hall–Kier alpha value is -0.820. The highest BCUT2D eigenvalue weighted by molar-refractivity contribution is 5.26. The lowest BCUT2D eigenvalue weighted by molar-refractivity contribution is 0.197. The maximum absolute atomic E-state index is 3.98. The van der Waals surface area contributed by atoms with E-state index in [9.17, 15) is 0 Å². The van der Waals surface area contributed by atoms with Gasteiger partial charge in [-0.25, -0.2) is 0 Å². The van der Waals surface area contributed by atoms with Crippen LogP contribution in [-0.2, 0) is 0 Å². The van der Waals surface area contributed by atoms with E-state index in [4.69, 9.17) is 0 Å².